The molecule has 1 N–H and O–H groups in total. The van der Waals surface area contributed by atoms with E-state index >= 15 is 0 Å². The van der Waals surface area contributed by atoms with Gasteiger partial charge in [-0.15, -0.1) is 0 Å². The normalized spacial score (nSPS) is 25.0. The molecular weight excluding hydrogens is 580 g/mol. The largest absolute Gasteiger partial charge is 0.377 e. The summed E-state index contributed by atoms with van der Waals surface area (Å²) in [5.41, 5.74) is 0.969. The molecule has 2 saturated heterocycles. The van der Waals surface area contributed by atoms with Crippen LogP contribution in [0.5, 0.6) is 0 Å². The van der Waals surface area contributed by atoms with Crippen LogP contribution in [0.4, 0.5) is 17.6 Å². The fourth-order valence-electron chi connectivity index (χ4n) is 5.80. The second kappa shape index (κ2) is 11.4. The van der Waals surface area contributed by atoms with Gasteiger partial charge in [-0.3, -0.25) is 9.59 Å². The zero-order valence-electron chi connectivity index (χ0n) is 23.2. The molecule has 3 atom stereocenters. The molecular formula is C26H30F4N8O5. The average molecular weight is 611 g/mol. The van der Waals surface area contributed by atoms with Crippen LogP contribution in [0.3, 0.4) is 0 Å². The smallest absolute Gasteiger partial charge is 0.276 e. The minimum atomic E-state index is -2.96. The van der Waals surface area contributed by atoms with Crippen LogP contribution in [0.15, 0.2) is 17.0 Å². The van der Waals surface area contributed by atoms with E-state index in [1.165, 1.54) is 15.6 Å². The summed E-state index contributed by atoms with van der Waals surface area (Å²) in [5.74, 6) is -6.95. The monoisotopic (exact) mass is 610 g/mol. The lowest BCUT2D eigenvalue weighted by Crippen LogP contribution is -2.50. The molecule has 0 radical (unpaired) electrons. The highest BCUT2D eigenvalue weighted by Crippen LogP contribution is 2.41. The Balaban J connectivity index is 1.26. The maximum Gasteiger partial charge on any atom is 0.276 e. The van der Waals surface area contributed by atoms with Gasteiger partial charge in [-0.1, -0.05) is 5.16 Å². The van der Waals surface area contributed by atoms with Crippen LogP contribution in [-0.2, 0) is 14.3 Å². The molecule has 5 heterocycles. The molecule has 3 aliphatic rings. The molecule has 1 saturated carbocycles. The van der Waals surface area contributed by atoms with Crippen LogP contribution < -0.4 is 5.32 Å². The van der Waals surface area contributed by atoms with Crippen LogP contribution in [0.1, 0.15) is 78.2 Å². The summed E-state index contributed by atoms with van der Waals surface area (Å²) in [5, 5.41) is 14.5. The van der Waals surface area contributed by atoms with Crippen LogP contribution in [-0.4, -0.2) is 90.9 Å². The highest BCUT2D eigenvalue weighted by Gasteiger charge is 2.43. The number of hydrogen-bond donors (Lipinski definition) is 1. The van der Waals surface area contributed by atoms with E-state index in [0.717, 1.165) is 0 Å². The van der Waals surface area contributed by atoms with E-state index in [4.69, 9.17) is 9.47 Å². The fourth-order valence-corrected chi connectivity index (χ4v) is 5.80. The number of carbonyl (C=O) groups is 2. The number of hydrogen-bond acceptors (Lipinski definition) is 10. The van der Waals surface area contributed by atoms with Gasteiger partial charge in [0.1, 0.15) is 18.4 Å². The summed E-state index contributed by atoms with van der Waals surface area (Å²) in [4.78, 5) is 37.0. The zero-order valence-corrected chi connectivity index (χ0v) is 23.2. The third-order valence-electron chi connectivity index (χ3n) is 8.23. The van der Waals surface area contributed by atoms with Gasteiger partial charge in [0.25, 0.3) is 23.5 Å². The van der Waals surface area contributed by atoms with E-state index in [9.17, 15) is 27.2 Å². The summed E-state index contributed by atoms with van der Waals surface area (Å²) in [6.07, 6.45) is 1.14. The number of imidazole rings is 1. The fraction of sp³-hybridized carbons (Fsp3) is 0.654. The Kier molecular flexibility index (Phi) is 7.78. The summed E-state index contributed by atoms with van der Waals surface area (Å²) in [6, 6.07) is -1.42. The standard InChI is InChI=1S/C26H30F4N8O5/c1-14-20(36-43-35-14)22(39)34-21(15-2-5-25(27,28)6-3-15)17-11-38-24(33-17)32-16(10-31-38)18-12-41-9-8-37(18)23(40)19-4-7-26(29,30)13-42-19/h10-11,15,18-19,21H,2-9,12-13H2,1H3,(H,34,39)/t18-,19-,21-/m0/s1. The molecule has 2 amide bonds. The molecule has 0 bridgehead atoms. The van der Waals surface area contributed by atoms with Gasteiger partial charge in [-0.05, 0) is 37.3 Å². The summed E-state index contributed by atoms with van der Waals surface area (Å²) in [6.45, 7) is 1.32. The first-order valence-electron chi connectivity index (χ1n) is 14.1. The van der Waals surface area contributed by atoms with E-state index < -0.39 is 54.9 Å². The predicted molar refractivity (Wildman–Crippen MR) is 136 cm³/mol. The van der Waals surface area contributed by atoms with Crippen molar-refractivity contribution in [2.75, 3.05) is 26.4 Å². The number of halogens is 4. The molecule has 0 aromatic carbocycles. The molecule has 0 unspecified atom stereocenters. The molecule has 1 aliphatic carbocycles. The van der Waals surface area contributed by atoms with Crippen molar-refractivity contribution in [2.45, 2.75) is 75.5 Å². The van der Waals surface area contributed by atoms with Gasteiger partial charge in [0.05, 0.1) is 49.1 Å². The van der Waals surface area contributed by atoms with Crippen molar-refractivity contribution in [3.63, 3.8) is 0 Å². The van der Waals surface area contributed by atoms with Crippen molar-refractivity contribution in [1.82, 2.24) is 40.1 Å². The van der Waals surface area contributed by atoms with Gasteiger partial charge in [-0.2, -0.15) is 5.10 Å². The van der Waals surface area contributed by atoms with E-state index in [1.807, 2.05) is 0 Å². The van der Waals surface area contributed by atoms with Gasteiger partial charge in [0, 0.05) is 25.8 Å². The first-order valence-corrected chi connectivity index (χ1v) is 14.1. The minimum Gasteiger partial charge on any atom is -0.377 e. The summed E-state index contributed by atoms with van der Waals surface area (Å²) in [7, 11) is 0. The Labute approximate surface area is 242 Å². The van der Waals surface area contributed by atoms with Crippen molar-refractivity contribution >= 4 is 17.6 Å². The summed E-state index contributed by atoms with van der Waals surface area (Å²) >= 11 is 0. The quantitative estimate of drug-likeness (QED) is 0.413. The van der Waals surface area contributed by atoms with Gasteiger partial charge < -0.3 is 19.7 Å². The molecule has 43 heavy (non-hydrogen) atoms. The number of fused-ring (bicyclic) bond motifs is 1. The number of nitrogens with one attached hydrogen (secondary N) is 1. The SMILES string of the molecule is Cc1nonc1C(=O)N[C@H](c1cn2ncc([C@@H]3COCCN3C(=O)[C@@H]3CCC(F)(F)CO3)nc2n1)C1CCC(F)(F)CC1. The number of aromatic nitrogens is 6. The molecule has 17 heteroatoms. The number of nitrogens with zero attached hydrogens (tertiary/aromatic N) is 7. The number of ether oxygens (including phenoxy) is 2. The van der Waals surface area contributed by atoms with E-state index in [0.29, 0.717) is 11.4 Å². The van der Waals surface area contributed by atoms with Crippen molar-refractivity contribution < 1.29 is 41.3 Å². The molecule has 232 valence electrons. The van der Waals surface area contributed by atoms with Crippen LogP contribution in [0, 0.1) is 12.8 Å². The van der Waals surface area contributed by atoms with E-state index in [2.05, 4.69) is 35.3 Å². The van der Waals surface area contributed by atoms with Gasteiger partial charge in [0.15, 0.2) is 5.69 Å². The third-order valence-corrected chi connectivity index (χ3v) is 8.23. The maximum absolute atomic E-state index is 14.0. The topological polar surface area (TPSA) is 150 Å². The number of morpholine rings is 1. The van der Waals surface area contributed by atoms with Gasteiger partial charge >= 0.3 is 0 Å². The Hall–Kier alpha value is -3.73. The van der Waals surface area contributed by atoms with E-state index in [-0.39, 0.29) is 74.9 Å². The molecule has 3 fully saturated rings. The number of aryl methyl sites for hydroxylation is 1. The predicted octanol–water partition coefficient (Wildman–Crippen LogP) is 2.83. The first-order chi connectivity index (χ1) is 20.5. The van der Waals surface area contributed by atoms with Crippen LogP contribution in [0.2, 0.25) is 0 Å². The van der Waals surface area contributed by atoms with Crippen LogP contribution in [0.25, 0.3) is 5.78 Å². The Morgan fingerprint density at radius 2 is 1.84 bits per heavy atom. The number of carbonyl (C=O) groups excluding carboxylic acids is 2. The second-order valence-corrected chi connectivity index (χ2v) is 11.3. The molecule has 3 aromatic heterocycles. The van der Waals surface area contributed by atoms with Crippen molar-refractivity contribution in [3.8, 4) is 0 Å². The second-order valence-electron chi connectivity index (χ2n) is 11.3. The maximum atomic E-state index is 14.0. The van der Waals surface area contributed by atoms with Crippen molar-refractivity contribution in [3.05, 3.63) is 35.2 Å². The molecule has 2 aliphatic heterocycles. The molecule has 6 rings (SSSR count). The Morgan fingerprint density at radius 3 is 2.53 bits per heavy atom. The molecule has 0 spiro atoms. The average Bonchev–Trinajstić information content (AvgIpc) is 3.61. The number of amides is 2. The lowest BCUT2D eigenvalue weighted by atomic mass is 9.81. The minimum absolute atomic E-state index is 0.0267. The Bertz CT molecular complexity index is 1480. The first kappa shape index (κ1) is 29.3. The lowest BCUT2D eigenvalue weighted by Gasteiger charge is -2.38. The lowest BCUT2D eigenvalue weighted by molar-refractivity contribution is -0.176. The highest BCUT2D eigenvalue weighted by atomic mass is 19.3. The zero-order chi connectivity index (χ0) is 30.4. The Morgan fingerprint density at radius 1 is 1.07 bits per heavy atom. The third kappa shape index (κ3) is 6.18. The van der Waals surface area contributed by atoms with Crippen molar-refractivity contribution in [1.29, 1.82) is 0 Å². The number of alkyl halides is 4. The molecule has 3 aromatic rings. The van der Waals surface area contributed by atoms with E-state index in [1.54, 1.807) is 13.1 Å². The van der Waals surface area contributed by atoms with Crippen molar-refractivity contribution in [2.24, 2.45) is 5.92 Å². The van der Waals surface area contributed by atoms with Gasteiger partial charge in [-0.25, -0.2) is 36.7 Å². The highest BCUT2D eigenvalue weighted by molar-refractivity contribution is 5.93. The molecule has 13 nitrogen and oxygen atoms in total. The van der Waals surface area contributed by atoms with Crippen LogP contribution >= 0.6 is 0 Å². The van der Waals surface area contributed by atoms with Gasteiger partial charge in [0.2, 0.25) is 5.92 Å². The number of rotatable bonds is 6. The summed E-state index contributed by atoms with van der Waals surface area (Å²) < 4.78 is 71.9.